The summed E-state index contributed by atoms with van der Waals surface area (Å²) in [5, 5.41) is 4.27. The number of aromatic nitrogens is 3. The van der Waals surface area contributed by atoms with E-state index in [1.807, 2.05) is 38.1 Å². The van der Waals surface area contributed by atoms with Crippen LogP contribution in [0.25, 0.3) is 16.6 Å². The highest BCUT2D eigenvalue weighted by atomic mass is 35.5. The lowest BCUT2D eigenvalue weighted by molar-refractivity contribution is 0.249. The molecule has 36 heavy (non-hydrogen) atoms. The summed E-state index contributed by atoms with van der Waals surface area (Å²) >= 11 is 6.43. The standard InChI is InChI=1S/C28H31ClN6O/c1-18-6-5-7-24(29)26(18)35-17-19(2)25-23(27(35)36)16-30-28(32-25)31-20-8-10-22(11-9-20)34-14-12-21(13-15-34)33(3)4/h5-11,16-17,21H,12-15H2,1-4H3,(H,30,31,32). The van der Waals surface area contributed by atoms with Crippen LogP contribution in [0, 0.1) is 13.8 Å². The topological polar surface area (TPSA) is 66.3 Å². The van der Waals surface area contributed by atoms with Crippen LogP contribution in [0.3, 0.4) is 0 Å². The van der Waals surface area contributed by atoms with Gasteiger partial charge < -0.3 is 15.1 Å². The monoisotopic (exact) mass is 502 g/mol. The van der Waals surface area contributed by atoms with Crippen molar-refractivity contribution < 1.29 is 0 Å². The molecule has 5 rings (SSSR count). The van der Waals surface area contributed by atoms with Gasteiger partial charge >= 0.3 is 0 Å². The number of hydrogen-bond acceptors (Lipinski definition) is 6. The predicted octanol–water partition coefficient (Wildman–Crippen LogP) is 5.32. The van der Waals surface area contributed by atoms with Gasteiger partial charge in [-0.05, 0) is 82.2 Å². The molecule has 1 aliphatic rings. The molecule has 0 radical (unpaired) electrons. The lowest BCUT2D eigenvalue weighted by Gasteiger charge is -2.36. The van der Waals surface area contributed by atoms with Crippen molar-refractivity contribution in [3.05, 3.63) is 81.4 Å². The van der Waals surface area contributed by atoms with Gasteiger partial charge in [0.2, 0.25) is 5.95 Å². The van der Waals surface area contributed by atoms with E-state index in [4.69, 9.17) is 11.6 Å². The van der Waals surface area contributed by atoms with E-state index in [9.17, 15) is 4.79 Å². The number of hydrogen-bond donors (Lipinski definition) is 1. The van der Waals surface area contributed by atoms with Crippen LogP contribution in [-0.2, 0) is 0 Å². The highest BCUT2D eigenvalue weighted by molar-refractivity contribution is 6.32. The SMILES string of the molecule is Cc1cccc(Cl)c1-n1cc(C)c2nc(Nc3ccc(N4CCC(N(C)C)CC4)cc3)ncc2c1=O. The van der Waals surface area contributed by atoms with Crippen molar-refractivity contribution in [2.75, 3.05) is 37.4 Å². The van der Waals surface area contributed by atoms with Crippen LogP contribution < -0.4 is 15.8 Å². The number of anilines is 3. The number of pyridine rings is 1. The Morgan fingerprint density at radius 1 is 1.03 bits per heavy atom. The van der Waals surface area contributed by atoms with Gasteiger partial charge in [0.1, 0.15) is 0 Å². The molecule has 0 amide bonds. The second-order valence-corrected chi connectivity index (χ2v) is 10.1. The Bertz CT molecular complexity index is 1440. The molecule has 2 aromatic carbocycles. The summed E-state index contributed by atoms with van der Waals surface area (Å²) in [4.78, 5) is 27.2. The molecule has 0 aliphatic carbocycles. The quantitative estimate of drug-likeness (QED) is 0.398. The molecule has 1 aliphatic heterocycles. The average molecular weight is 503 g/mol. The zero-order valence-corrected chi connectivity index (χ0v) is 21.9. The molecular weight excluding hydrogens is 472 g/mol. The molecule has 1 saturated heterocycles. The number of piperidine rings is 1. The van der Waals surface area contributed by atoms with E-state index in [2.05, 4.69) is 51.3 Å². The fourth-order valence-corrected chi connectivity index (χ4v) is 5.27. The Kier molecular flexibility index (Phi) is 6.69. The first-order valence-electron chi connectivity index (χ1n) is 12.2. The van der Waals surface area contributed by atoms with Crippen molar-refractivity contribution in [3.63, 3.8) is 0 Å². The minimum absolute atomic E-state index is 0.194. The number of rotatable bonds is 5. The number of nitrogens with zero attached hydrogens (tertiary/aromatic N) is 5. The Hall–Kier alpha value is -3.42. The fourth-order valence-electron chi connectivity index (χ4n) is 4.96. The zero-order chi connectivity index (χ0) is 25.4. The van der Waals surface area contributed by atoms with Crippen LogP contribution in [-0.4, -0.2) is 52.7 Å². The Morgan fingerprint density at radius 2 is 1.75 bits per heavy atom. The largest absolute Gasteiger partial charge is 0.371 e. The summed E-state index contributed by atoms with van der Waals surface area (Å²) in [7, 11) is 4.32. The third-order valence-electron chi connectivity index (χ3n) is 7.05. The number of aryl methyl sites for hydroxylation is 2. The average Bonchev–Trinajstić information content (AvgIpc) is 2.87. The first kappa shape index (κ1) is 24.3. The molecule has 0 bridgehead atoms. The molecule has 1 fully saturated rings. The van der Waals surface area contributed by atoms with Gasteiger partial charge in [-0.2, -0.15) is 0 Å². The van der Waals surface area contributed by atoms with Crippen molar-refractivity contribution in [2.45, 2.75) is 32.7 Å². The maximum atomic E-state index is 13.3. The third-order valence-corrected chi connectivity index (χ3v) is 7.35. The van der Waals surface area contributed by atoms with E-state index >= 15 is 0 Å². The fraction of sp³-hybridized carbons (Fsp3) is 0.321. The van der Waals surface area contributed by atoms with Gasteiger partial charge in [-0.3, -0.25) is 9.36 Å². The van der Waals surface area contributed by atoms with E-state index in [1.54, 1.807) is 23.0 Å². The van der Waals surface area contributed by atoms with E-state index in [0.29, 0.717) is 33.6 Å². The lowest BCUT2D eigenvalue weighted by atomic mass is 10.0. The predicted molar refractivity (Wildman–Crippen MR) is 148 cm³/mol. The molecular formula is C28H31ClN6O. The molecule has 0 atom stereocenters. The summed E-state index contributed by atoms with van der Waals surface area (Å²) in [6, 6.07) is 14.6. The summed E-state index contributed by atoms with van der Waals surface area (Å²) in [6.07, 6.45) is 5.74. The van der Waals surface area contributed by atoms with E-state index in [-0.39, 0.29) is 5.56 Å². The molecule has 4 aromatic rings. The Morgan fingerprint density at radius 3 is 2.42 bits per heavy atom. The maximum absolute atomic E-state index is 13.3. The van der Waals surface area contributed by atoms with Crippen LogP contribution in [0.5, 0.6) is 0 Å². The second-order valence-electron chi connectivity index (χ2n) is 9.70. The van der Waals surface area contributed by atoms with Crippen LogP contribution in [0.15, 0.2) is 59.7 Å². The molecule has 0 unspecified atom stereocenters. The first-order chi connectivity index (χ1) is 17.3. The van der Waals surface area contributed by atoms with Gasteiger partial charge in [0.05, 0.1) is 21.6 Å². The van der Waals surface area contributed by atoms with Gasteiger partial charge in [-0.15, -0.1) is 0 Å². The number of fused-ring (bicyclic) bond motifs is 1. The first-order valence-corrected chi connectivity index (χ1v) is 12.6. The normalized spacial score (nSPS) is 14.6. The molecule has 0 spiro atoms. The van der Waals surface area contributed by atoms with Gasteiger partial charge in [-0.25, -0.2) is 9.97 Å². The van der Waals surface area contributed by atoms with Crippen LogP contribution in [0.2, 0.25) is 5.02 Å². The molecule has 8 heteroatoms. The molecule has 1 N–H and O–H groups in total. The molecule has 186 valence electrons. The van der Waals surface area contributed by atoms with Gasteiger partial charge in [0, 0.05) is 42.9 Å². The van der Waals surface area contributed by atoms with Crippen LogP contribution >= 0.6 is 11.6 Å². The van der Waals surface area contributed by atoms with Crippen molar-refractivity contribution in [1.82, 2.24) is 19.4 Å². The number of nitrogens with one attached hydrogen (secondary N) is 1. The van der Waals surface area contributed by atoms with E-state index in [1.165, 1.54) is 18.5 Å². The van der Waals surface area contributed by atoms with Gasteiger partial charge in [-0.1, -0.05) is 23.7 Å². The minimum atomic E-state index is -0.194. The number of benzene rings is 2. The van der Waals surface area contributed by atoms with Crippen molar-refractivity contribution in [3.8, 4) is 5.69 Å². The second kappa shape index (κ2) is 9.91. The van der Waals surface area contributed by atoms with Crippen LogP contribution in [0.1, 0.15) is 24.0 Å². The lowest BCUT2D eigenvalue weighted by Crippen LogP contribution is -2.41. The van der Waals surface area contributed by atoms with Crippen molar-refractivity contribution in [1.29, 1.82) is 0 Å². The minimum Gasteiger partial charge on any atom is -0.371 e. The number of para-hydroxylation sites is 1. The van der Waals surface area contributed by atoms with E-state index in [0.717, 1.165) is 29.9 Å². The van der Waals surface area contributed by atoms with Gasteiger partial charge in [0.25, 0.3) is 5.56 Å². The summed E-state index contributed by atoms with van der Waals surface area (Å²) < 4.78 is 1.59. The smallest absolute Gasteiger partial charge is 0.266 e. The molecule has 2 aromatic heterocycles. The van der Waals surface area contributed by atoms with E-state index < -0.39 is 0 Å². The molecule has 0 saturated carbocycles. The Labute approximate surface area is 216 Å². The number of halogens is 1. The highest BCUT2D eigenvalue weighted by Crippen LogP contribution is 2.26. The zero-order valence-electron chi connectivity index (χ0n) is 21.1. The van der Waals surface area contributed by atoms with Crippen molar-refractivity contribution >= 4 is 39.8 Å². The van der Waals surface area contributed by atoms with Crippen LogP contribution in [0.4, 0.5) is 17.3 Å². The summed E-state index contributed by atoms with van der Waals surface area (Å²) in [5.74, 6) is 0.455. The molecule has 3 heterocycles. The van der Waals surface area contributed by atoms with Crippen molar-refractivity contribution in [2.24, 2.45) is 0 Å². The molecule has 7 nitrogen and oxygen atoms in total. The Balaban J connectivity index is 1.37. The highest BCUT2D eigenvalue weighted by Gasteiger charge is 2.20. The third kappa shape index (κ3) is 4.68. The van der Waals surface area contributed by atoms with Gasteiger partial charge in [0.15, 0.2) is 0 Å². The summed E-state index contributed by atoms with van der Waals surface area (Å²) in [6.45, 7) is 6.01. The summed E-state index contributed by atoms with van der Waals surface area (Å²) in [5.41, 5.74) is 5.03. The maximum Gasteiger partial charge on any atom is 0.266 e.